The molecule has 1 amide bonds. The molecule has 0 radical (unpaired) electrons. The van der Waals surface area contributed by atoms with Crippen LogP contribution in [0.5, 0.6) is 0 Å². The van der Waals surface area contributed by atoms with Crippen molar-refractivity contribution >= 4 is 17.2 Å². The van der Waals surface area contributed by atoms with Crippen LogP contribution in [0.1, 0.15) is 28.8 Å². The molecule has 15 heavy (non-hydrogen) atoms. The molecule has 5 nitrogen and oxygen atoms in total. The Morgan fingerprint density at radius 2 is 2.53 bits per heavy atom. The van der Waals surface area contributed by atoms with Gasteiger partial charge in [0.15, 0.2) is 0 Å². The van der Waals surface area contributed by atoms with E-state index in [2.05, 4.69) is 10.3 Å². The molecular formula is C9H15N3O2S. The lowest BCUT2D eigenvalue weighted by molar-refractivity contribution is 0.0909. The van der Waals surface area contributed by atoms with Crippen LogP contribution in [0.15, 0.2) is 5.38 Å². The molecule has 0 aromatic carbocycles. The molecule has 0 saturated carbocycles. The van der Waals surface area contributed by atoms with E-state index in [1.165, 1.54) is 11.3 Å². The van der Waals surface area contributed by atoms with Crippen LogP contribution in [0, 0.1) is 0 Å². The van der Waals surface area contributed by atoms with Crippen LogP contribution in [0.25, 0.3) is 0 Å². The highest BCUT2D eigenvalue weighted by Gasteiger charge is 2.10. The Bertz CT molecular complexity index is 327. The number of aliphatic hydroxyl groups is 1. The molecule has 1 aromatic heterocycles. The van der Waals surface area contributed by atoms with Crippen molar-refractivity contribution in [1.29, 1.82) is 0 Å². The Labute approximate surface area is 92.3 Å². The number of nitrogens with two attached hydrogens (primary N) is 1. The lowest BCUT2D eigenvalue weighted by atomic mass is 10.3. The summed E-state index contributed by atoms with van der Waals surface area (Å²) in [7, 11) is 0. The average molecular weight is 229 g/mol. The summed E-state index contributed by atoms with van der Waals surface area (Å²) in [6, 6.07) is 0. The zero-order valence-electron chi connectivity index (χ0n) is 8.56. The van der Waals surface area contributed by atoms with Crippen molar-refractivity contribution < 1.29 is 9.90 Å². The summed E-state index contributed by atoms with van der Waals surface area (Å²) < 4.78 is 0. The van der Waals surface area contributed by atoms with E-state index in [1.807, 2.05) is 6.92 Å². The van der Waals surface area contributed by atoms with Gasteiger partial charge in [-0.3, -0.25) is 4.79 Å². The minimum atomic E-state index is -0.499. The summed E-state index contributed by atoms with van der Waals surface area (Å²) in [5, 5.41) is 14.2. The van der Waals surface area contributed by atoms with E-state index < -0.39 is 6.10 Å². The van der Waals surface area contributed by atoms with Gasteiger partial charge in [0.2, 0.25) is 0 Å². The van der Waals surface area contributed by atoms with Crippen LogP contribution in [-0.2, 0) is 6.54 Å². The number of amides is 1. The fraction of sp³-hybridized carbons (Fsp3) is 0.556. The molecule has 1 heterocycles. The largest absolute Gasteiger partial charge is 0.391 e. The Morgan fingerprint density at radius 3 is 3.07 bits per heavy atom. The third-order valence-corrected chi connectivity index (χ3v) is 2.80. The standard InChI is InChI=1S/C9H15N3O2S/c1-2-6(13)4-11-9(14)7-5-15-8(3-10)12-7/h5-6,13H,2-4,10H2,1H3,(H,11,14). The van der Waals surface area contributed by atoms with Gasteiger partial charge >= 0.3 is 0 Å². The van der Waals surface area contributed by atoms with Crippen molar-refractivity contribution in [2.45, 2.75) is 26.0 Å². The summed E-state index contributed by atoms with van der Waals surface area (Å²) in [5.41, 5.74) is 5.75. The molecule has 0 saturated heterocycles. The maximum absolute atomic E-state index is 11.5. The van der Waals surface area contributed by atoms with Crippen LogP contribution in [0.3, 0.4) is 0 Å². The second-order valence-corrected chi connectivity index (χ2v) is 4.05. The Hall–Kier alpha value is -0.980. The number of hydrogen-bond acceptors (Lipinski definition) is 5. The number of carbonyl (C=O) groups excluding carboxylic acids is 1. The highest BCUT2D eigenvalue weighted by Crippen LogP contribution is 2.08. The molecule has 84 valence electrons. The van der Waals surface area contributed by atoms with Gasteiger partial charge in [-0.25, -0.2) is 4.98 Å². The number of thiazole rings is 1. The maximum Gasteiger partial charge on any atom is 0.270 e. The second kappa shape index (κ2) is 5.79. The van der Waals surface area contributed by atoms with Gasteiger partial charge in [0.25, 0.3) is 5.91 Å². The van der Waals surface area contributed by atoms with E-state index in [9.17, 15) is 9.90 Å². The zero-order valence-corrected chi connectivity index (χ0v) is 9.38. The lowest BCUT2D eigenvalue weighted by Crippen LogP contribution is -2.31. The number of carbonyl (C=O) groups is 1. The van der Waals surface area contributed by atoms with Crippen molar-refractivity contribution in [3.63, 3.8) is 0 Å². The summed E-state index contributed by atoms with van der Waals surface area (Å²) in [5.74, 6) is -0.265. The lowest BCUT2D eigenvalue weighted by Gasteiger charge is -2.07. The molecule has 1 atom stereocenters. The summed E-state index contributed by atoms with van der Waals surface area (Å²) in [6.45, 7) is 2.45. The molecule has 0 spiro atoms. The minimum Gasteiger partial charge on any atom is -0.391 e. The first-order chi connectivity index (χ1) is 7.17. The maximum atomic E-state index is 11.5. The van der Waals surface area contributed by atoms with Crippen molar-refractivity contribution in [2.24, 2.45) is 5.73 Å². The smallest absolute Gasteiger partial charge is 0.270 e. The molecule has 4 N–H and O–H groups in total. The number of nitrogens with one attached hydrogen (secondary N) is 1. The third-order valence-electron chi connectivity index (χ3n) is 1.93. The Balaban J connectivity index is 2.46. The third kappa shape index (κ3) is 3.58. The Kier molecular flexibility index (Phi) is 4.67. The molecule has 0 aliphatic heterocycles. The van der Waals surface area contributed by atoms with Crippen LogP contribution < -0.4 is 11.1 Å². The van der Waals surface area contributed by atoms with Crippen LogP contribution in [0.4, 0.5) is 0 Å². The minimum absolute atomic E-state index is 0.255. The van der Waals surface area contributed by atoms with Gasteiger partial charge in [0.1, 0.15) is 10.7 Å². The molecule has 1 unspecified atom stereocenters. The van der Waals surface area contributed by atoms with Crippen molar-refractivity contribution in [2.75, 3.05) is 6.54 Å². The van der Waals surface area contributed by atoms with E-state index in [0.717, 1.165) is 5.01 Å². The number of aromatic nitrogens is 1. The van der Waals surface area contributed by atoms with Gasteiger partial charge in [-0.15, -0.1) is 11.3 Å². The fourth-order valence-electron chi connectivity index (χ4n) is 0.954. The highest BCUT2D eigenvalue weighted by molar-refractivity contribution is 7.09. The van der Waals surface area contributed by atoms with E-state index in [-0.39, 0.29) is 12.5 Å². The van der Waals surface area contributed by atoms with Crippen LogP contribution in [0.2, 0.25) is 0 Å². The molecule has 0 aliphatic carbocycles. The molecule has 1 rings (SSSR count). The van der Waals surface area contributed by atoms with Gasteiger partial charge in [0.05, 0.1) is 6.10 Å². The van der Waals surface area contributed by atoms with Gasteiger partial charge in [-0.2, -0.15) is 0 Å². The second-order valence-electron chi connectivity index (χ2n) is 3.10. The van der Waals surface area contributed by atoms with Crippen molar-refractivity contribution in [1.82, 2.24) is 10.3 Å². The predicted octanol–water partition coefficient (Wildman–Crippen LogP) is 0.103. The molecule has 0 bridgehead atoms. The topological polar surface area (TPSA) is 88.2 Å². The number of rotatable bonds is 5. The molecular weight excluding hydrogens is 214 g/mol. The normalized spacial score (nSPS) is 12.5. The number of nitrogens with zero attached hydrogens (tertiary/aromatic N) is 1. The van der Waals surface area contributed by atoms with Gasteiger partial charge in [-0.05, 0) is 6.42 Å². The van der Waals surface area contributed by atoms with Gasteiger partial charge < -0.3 is 16.2 Å². The first-order valence-corrected chi connectivity index (χ1v) is 5.66. The first-order valence-electron chi connectivity index (χ1n) is 4.78. The average Bonchev–Trinajstić information content (AvgIpc) is 2.73. The first kappa shape index (κ1) is 12.1. The fourth-order valence-corrected chi connectivity index (χ4v) is 1.61. The van der Waals surface area contributed by atoms with Crippen molar-refractivity contribution in [3.05, 3.63) is 16.1 Å². The summed E-state index contributed by atoms with van der Waals surface area (Å²) in [4.78, 5) is 15.5. The molecule has 1 aromatic rings. The molecule has 0 fully saturated rings. The van der Waals surface area contributed by atoms with Crippen LogP contribution in [-0.4, -0.2) is 28.6 Å². The van der Waals surface area contributed by atoms with E-state index in [1.54, 1.807) is 5.38 Å². The van der Waals surface area contributed by atoms with Crippen molar-refractivity contribution in [3.8, 4) is 0 Å². The number of hydrogen-bond donors (Lipinski definition) is 3. The quantitative estimate of drug-likeness (QED) is 0.668. The summed E-state index contributed by atoms with van der Waals surface area (Å²) in [6.07, 6.45) is 0.118. The van der Waals surface area contributed by atoms with Gasteiger partial charge in [-0.1, -0.05) is 6.92 Å². The van der Waals surface area contributed by atoms with Crippen LogP contribution >= 0.6 is 11.3 Å². The Morgan fingerprint density at radius 1 is 1.80 bits per heavy atom. The monoisotopic (exact) mass is 229 g/mol. The number of aliphatic hydroxyl groups excluding tert-OH is 1. The highest BCUT2D eigenvalue weighted by atomic mass is 32.1. The van der Waals surface area contributed by atoms with E-state index in [4.69, 9.17) is 5.73 Å². The molecule has 6 heteroatoms. The van der Waals surface area contributed by atoms with E-state index in [0.29, 0.717) is 18.7 Å². The predicted molar refractivity (Wildman–Crippen MR) is 58.6 cm³/mol. The SMILES string of the molecule is CCC(O)CNC(=O)c1csc(CN)n1. The zero-order chi connectivity index (χ0) is 11.3. The van der Waals surface area contributed by atoms with E-state index >= 15 is 0 Å². The van der Waals surface area contributed by atoms with Gasteiger partial charge in [0, 0.05) is 18.5 Å². The molecule has 0 aliphatic rings. The summed E-state index contributed by atoms with van der Waals surface area (Å²) >= 11 is 1.36.